The van der Waals surface area contributed by atoms with Gasteiger partial charge in [-0.15, -0.1) is 11.8 Å². The standard InChI is InChI=1S/C19H23N3OS/c1-24-17-9-7-15(8-10-17)13-21-19(23)22-12-3-2-6-18(22)16-5-4-11-20-14-16/h4-5,7-11,14,18H,2-3,6,12-13H2,1H3,(H,21,23). The highest BCUT2D eigenvalue weighted by molar-refractivity contribution is 7.98. The number of benzene rings is 1. The van der Waals surface area contributed by atoms with Crippen molar-refractivity contribution in [3.05, 3.63) is 59.9 Å². The van der Waals surface area contributed by atoms with Gasteiger partial charge in [-0.3, -0.25) is 4.98 Å². The summed E-state index contributed by atoms with van der Waals surface area (Å²) in [6.45, 7) is 1.36. The summed E-state index contributed by atoms with van der Waals surface area (Å²) < 4.78 is 0. The van der Waals surface area contributed by atoms with Crippen molar-refractivity contribution in [2.24, 2.45) is 0 Å². The third-order valence-corrected chi connectivity index (χ3v) is 5.18. The molecule has 0 bridgehead atoms. The van der Waals surface area contributed by atoms with Gasteiger partial charge in [0.05, 0.1) is 6.04 Å². The Kier molecular flexibility index (Phi) is 5.75. The van der Waals surface area contributed by atoms with Gasteiger partial charge in [0.25, 0.3) is 0 Å². The summed E-state index contributed by atoms with van der Waals surface area (Å²) in [6.07, 6.45) is 8.92. The van der Waals surface area contributed by atoms with Crippen LogP contribution < -0.4 is 5.32 Å². The Bertz CT molecular complexity index is 660. The molecule has 1 aliphatic heterocycles. The summed E-state index contributed by atoms with van der Waals surface area (Å²) in [6, 6.07) is 12.5. The van der Waals surface area contributed by atoms with Gasteiger partial charge < -0.3 is 10.2 Å². The SMILES string of the molecule is CSc1ccc(CNC(=O)N2CCCCC2c2cccnc2)cc1. The first-order valence-corrected chi connectivity index (χ1v) is 9.58. The Balaban J connectivity index is 1.63. The average Bonchev–Trinajstić information content (AvgIpc) is 2.67. The molecule has 1 saturated heterocycles. The first kappa shape index (κ1) is 16.8. The molecule has 0 saturated carbocycles. The number of hydrogen-bond donors (Lipinski definition) is 1. The third-order valence-electron chi connectivity index (χ3n) is 4.44. The highest BCUT2D eigenvalue weighted by Crippen LogP contribution is 2.30. The molecule has 2 amide bonds. The number of piperidine rings is 1. The second kappa shape index (κ2) is 8.20. The average molecular weight is 341 g/mol. The normalized spacial score (nSPS) is 17.5. The van der Waals surface area contributed by atoms with Crippen LogP contribution in [0.2, 0.25) is 0 Å². The molecule has 5 heteroatoms. The fraction of sp³-hybridized carbons (Fsp3) is 0.368. The molecule has 126 valence electrons. The summed E-state index contributed by atoms with van der Waals surface area (Å²) in [5.74, 6) is 0. The lowest BCUT2D eigenvalue weighted by Gasteiger charge is -2.35. The van der Waals surface area contributed by atoms with Gasteiger partial charge in [0.1, 0.15) is 0 Å². The van der Waals surface area contributed by atoms with Crippen molar-refractivity contribution < 1.29 is 4.79 Å². The number of aromatic nitrogens is 1. The van der Waals surface area contributed by atoms with E-state index < -0.39 is 0 Å². The molecule has 1 unspecified atom stereocenters. The highest BCUT2D eigenvalue weighted by atomic mass is 32.2. The number of carbonyl (C=O) groups is 1. The molecule has 1 fully saturated rings. The molecular weight excluding hydrogens is 318 g/mol. The van der Waals surface area contributed by atoms with Gasteiger partial charge in [-0.05, 0) is 54.8 Å². The van der Waals surface area contributed by atoms with Crippen molar-refractivity contribution >= 4 is 17.8 Å². The predicted molar refractivity (Wildman–Crippen MR) is 98.0 cm³/mol. The van der Waals surface area contributed by atoms with Crippen LogP contribution in [0.1, 0.15) is 36.4 Å². The van der Waals surface area contributed by atoms with E-state index in [4.69, 9.17) is 0 Å². The molecule has 1 aromatic heterocycles. The Labute approximate surface area is 147 Å². The van der Waals surface area contributed by atoms with Crippen molar-refractivity contribution in [2.75, 3.05) is 12.8 Å². The summed E-state index contributed by atoms with van der Waals surface area (Å²) in [5.41, 5.74) is 2.24. The van der Waals surface area contributed by atoms with E-state index in [9.17, 15) is 4.79 Å². The number of urea groups is 1. The molecule has 24 heavy (non-hydrogen) atoms. The minimum Gasteiger partial charge on any atom is -0.334 e. The van der Waals surface area contributed by atoms with Crippen LogP contribution in [0.15, 0.2) is 53.7 Å². The lowest BCUT2D eigenvalue weighted by molar-refractivity contribution is 0.151. The Morgan fingerprint density at radius 3 is 2.83 bits per heavy atom. The first-order chi connectivity index (χ1) is 11.8. The molecule has 0 radical (unpaired) electrons. The number of hydrogen-bond acceptors (Lipinski definition) is 3. The van der Waals surface area contributed by atoms with Gasteiger partial charge in [0.2, 0.25) is 0 Å². The van der Waals surface area contributed by atoms with Crippen LogP contribution in [-0.2, 0) is 6.54 Å². The van der Waals surface area contributed by atoms with Crippen LogP contribution in [0, 0.1) is 0 Å². The minimum absolute atomic E-state index is 0.0116. The second-order valence-electron chi connectivity index (χ2n) is 6.00. The Hall–Kier alpha value is -2.01. The molecule has 2 heterocycles. The minimum atomic E-state index is 0.0116. The maximum absolute atomic E-state index is 12.7. The molecule has 0 spiro atoms. The van der Waals surface area contributed by atoms with Crippen LogP contribution >= 0.6 is 11.8 Å². The summed E-state index contributed by atoms with van der Waals surface area (Å²) in [4.78, 5) is 20.1. The van der Waals surface area contributed by atoms with Gasteiger partial charge in [-0.2, -0.15) is 0 Å². The van der Waals surface area contributed by atoms with Crippen LogP contribution in [-0.4, -0.2) is 28.7 Å². The quantitative estimate of drug-likeness (QED) is 0.846. The Morgan fingerprint density at radius 1 is 1.29 bits per heavy atom. The first-order valence-electron chi connectivity index (χ1n) is 8.35. The van der Waals surface area contributed by atoms with E-state index in [0.717, 1.165) is 36.9 Å². The van der Waals surface area contributed by atoms with E-state index in [-0.39, 0.29) is 12.1 Å². The molecule has 1 aromatic carbocycles. The van der Waals surface area contributed by atoms with Gasteiger partial charge in [0.15, 0.2) is 0 Å². The highest BCUT2D eigenvalue weighted by Gasteiger charge is 2.27. The zero-order valence-electron chi connectivity index (χ0n) is 13.9. The number of carbonyl (C=O) groups excluding carboxylic acids is 1. The van der Waals surface area contributed by atoms with E-state index in [1.807, 2.05) is 17.2 Å². The number of nitrogens with one attached hydrogen (secondary N) is 1. The molecule has 4 nitrogen and oxygen atoms in total. The maximum atomic E-state index is 12.7. The van der Waals surface area contributed by atoms with Gasteiger partial charge in [-0.1, -0.05) is 18.2 Å². The number of thioether (sulfide) groups is 1. The topological polar surface area (TPSA) is 45.2 Å². The van der Waals surface area contributed by atoms with Crippen LogP contribution in [0.3, 0.4) is 0 Å². The van der Waals surface area contributed by atoms with Crippen molar-refractivity contribution in [3.63, 3.8) is 0 Å². The zero-order chi connectivity index (χ0) is 16.8. The molecule has 1 N–H and O–H groups in total. The van der Waals surface area contributed by atoms with Crippen molar-refractivity contribution in [2.45, 2.75) is 36.7 Å². The van der Waals surface area contributed by atoms with E-state index in [1.165, 1.54) is 4.90 Å². The van der Waals surface area contributed by atoms with Gasteiger partial charge >= 0.3 is 6.03 Å². The number of rotatable bonds is 4. The lowest BCUT2D eigenvalue weighted by atomic mass is 9.97. The predicted octanol–water partition coefficient (Wildman–Crippen LogP) is 4.24. The fourth-order valence-electron chi connectivity index (χ4n) is 3.12. The number of amides is 2. The third kappa shape index (κ3) is 4.09. The van der Waals surface area contributed by atoms with E-state index in [1.54, 1.807) is 18.0 Å². The summed E-state index contributed by atoms with van der Waals surface area (Å²) >= 11 is 1.72. The van der Waals surface area contributed by atoms with Crippen LogP contribution in [0.25, 0.3) is 0 Å². The monoisotopic (exact) mass is 341 g/mol. The molecule has 1 aliphatic rings. The van der Waals surface area contributed by atoms with E-state index in [0.29, 0.717) is 6.54 Å². The molecule has 3 rings (SSSR count). The van der Waals surface area contributed by atoms with Gasteiger partial charge in [-0.25, -0.2) is 4.79 Å². The number of nitrogens with zero attached hydrogens (tertiary/aromatic N) is 2. The summed E-state index contributed by atoms with van der Waals surface area (Å²) in [7, 11) is 0. The van der Waals surface area contributed by atoms with Crippen molar-refractivity contribution in [1.82, 2.24) is 15.2 Å². The molecule has 1 atom stereocenters. The maximum Gasteiger partial charge on any atom is 0.318 e. The van der Waals surface area contributed by atoms with Crippen LogP contribution in [0.4, 0.5) is 4.79 Å². The fourth-order valence-corrected chi connectivity index (χ4v) is 3.53. The smallest absolute Gasteiger partial charge is 0.318 e. The Morgan fingerprint density at radius 2 is 2.12 bits per heavy atom. The molecular formula is C19H23N3OS. The van der Waals surface area contributed by atoms with E-state index in [2.05, 4.69) is 46.9 Å². The second-order valence-corrected chi connectivity index (χ2v) is 6.88. The van der Waals surface area contributed by atoms with Crippen molar-refractivity contribution in [1.29, 1.82) is 0 Å². The zero-order valence-corrected chi connectivity index (χ0v) is 14.8. The largest absolute Gasteiger partial charge is 0.334 e. The number of likely N-dealkylation sites (tertiary alicyclic amines) is 1. The van der Waals surface area contributed by atoms with E-state index >= 15 is 0 Å². The molecule has 2 aromatic rings. The lowest BCUT2D eigenvalue weighted by Crippen LogP contribution is -2.44. The van der Waals surface area contributed by atoms with Crippen LogP contribution in [0.5, 0.6) is 0 Å². The molecule has 0 aliphatic carbocycles. The van der Waals surface area contributed by atoms with Crippen molar-refractivity contribution in [3.8, 4) is 0 Å². The number of pyridine rings is 1. The summed E-state index contributed by atoms with van der Waals surface area (Å²) in [5, 5.41) is 3.07. The van der Waals surface area contributed by atoms with Gasteiger partial charge in [0, 0.05) is 30.4 Å².